The van der Waals surface area contributed by atoms with E-state index in [2.05, 4.69) is 40.5 Å². The van der Waals surface area contributed by atoms with Crippen LogP contribution in [0, 0.1) is 13.8 Å². The van der Waals surface area contributed by atoms with Crippen LogP contribution in [0.4, 0.5) is 0 Å². The number of nitrogens with zero attached hydrogens (tertiary/aromatic N) is 2. The molecule has 4 nitrogen and oxygen atoms in total. The first-order valence-electron chi connectivity index (χ1n) is 8.24. The highest BCUT2D eigenvalue weighted by molar-refractivity contribution is 7.11. The highest BCUT2D eigenvalue weighted by Crippen LogP contribution is 2.19. The van der Waals surface area contributed by atoms with Gasteiger partial charge in [-0.25, -0.2) is 4.98 Å². The van der Waals surface area contributed by atoms with E-state index in [0.717, 1.165) is 37.6 Å². The molecule has 0 radical (unpaired) electrons. The first-order valence-corrected chi connectivity index (χ1v) is 9.06. The van der Waals surface area contributed by atoms with Gasteiger partial charge in [-0.15, -0.1) is 11.3 Å². The van der Waals surface area contributed by atoms with Crippen LogP contribution in [0.5, 0.6) is 0 Å². The van der Waals surface area contributed by atoms with Crippen molar-refractivity contribution in [2.75, 3.05) is 20.1 Å². The molecule has 2 rings (SSSR count). The lowest BCUT2D eigenvalue weighted by atomic mass is 9.97. The molecule has 0 aromatic carbocycles. The van der Waals surface area contributed by atoms with Crippen LogP contribution >= 0.6 is 11.3 Å². The molecule has 2 N–H and O–H groups in total. The molecule has 22 heavy (non-hydrogen) atoms. The zero-order valence-corrected chi connectivity index (χ0v) is 14.9. The number of guanidine groups is 1. The Morgan fingerprint density at radius 1 is 1.23 bits per heavy atom. The van der Waals surface area contributed by atoms with Gasteiger partial charge < -0.3 is 10.6 Å². The van der Waals surface area contributed by atoms with Crippen LogP contribution in [0.15, 0.2) is 16.6 Å². The molecule has 1 aromatic heterocycles. The van der Waals surface area contributed by atoms with Crippen molar-refractivity contribution in [2.24, 2.45) is 4.99 Å². The Morgan fingerprint density at radius 3 is 2.59 bits per heavy atom. The minimum absolute atomic E-state index is 0.870. The van der Waals surface area contributed by atoms with Gasteiger partial charge in [-0.3, -0.25) is 4.99 Å². The van der Waals surface area contributed by atoms with Crippen molar-refractivity contribution in [2.45, 2.75) is 52.4 Å². The fraction of sp³-hybridized carbons (Fsp3) is 0.647. The zero-order chi connectivity index (χ0) is 15.8. The number of allylic oxidation sites excluding steroid dienone is 1. The lowest BCUT2D eigenvalue weighted by Crippen LogP contribution is -2.38. The van der Waals surface area contributed by atoms with Gasteiger partial charge in [-0.1, -0.05) is 11.6 Å². The van der Waals surface area contributed by atoms with Crippen molar-refractivity contribution in [1.29, 1.82) is 0 Å². The van der Waals surface area contributed by atoms with E-state index in [1.807, 2.05) is 7.05 Å². The molecule has 0 unspecified atom stereocenters. The van der Waals surface area contributed by atoms with Crippen molar-refractivity contribution < 1.29 is 0 Å². The highest BCUT2D eigenvalue weighted by atomic mass is 32.1. The Kier molecular flexibility index (Phi) is 6.90. The van der Waals surface area contributed by atoms with Gasteiger partial charge in [-0.05, 0) is 46.0 Å². The van der Waals surface area contributed by atoms with Crippen LogP contribution in [0.3, 0.4) is 0 Å². The van der Waals surface area contributed by atoms with Gasteiger partial charge in [0.15, 0.2) is 5.96 Å². The summed E-state index contributed by atoms with van der Waals surface area (Å²) in [5.74, 6) is 0.890. The molecule has 1 aliphatic carbocycles. The predicted molar refractivity (Wildman–Crippen MR) is 95.8 cm³/mol. The molecule has 1 aromatic rings. The van der Waals surface area contributed by atoms with Gasteiger partial charge in [0.2, 0.25) is 0 Å². The molecule has 0 aliphatic heterocycles. The zero-order valence-electron chi connectivity index (χ0n) is 14.0. The molecule has 0 fully saturated rings. The average Bonchev–Trinajstić information content (AvgIpc) is 2.85. The topological polar surface area (TPSA) is 49.3 Å². The molecule has 0 saturated carbocycles. The third-order valence-electron chi connectivity index (χ3n) is 4.05. The Bertz CT molecular complexity index is 511. The van der Waals surface area contributed by atoms with Crippen molar-refractivity contribution in [3.63, 3.8) is 0 Å². The lowest BCUT2D eigenvalue weighted by Gasteiger charge is -2.15. The minimum atomic E-state index is 0.870. The summed E-state index contributed by atoms with van der Waals surface area (Å²) < 4.78 is 0. The van der Waals surface area contributed by atoms with E-state index in [-0.39, 0.29) is 0 Å². The standard InChI is InChI=1S/C17H28N4S/c1-13-14(2)22-16(21-13)10-12-20-17(18-3)19-11-9-15-7-5-4-6-8-15/h7H,4-6,8-12H2,1-3H3,(H2,18,19,20). The van der Waals surface area contributed by atoms with Gasteiger partial charge >= 0.3 is 0 Å². The molecule has 0 saturated heterocycles. The summed E-state index contributed by atoms with van der Waals surface area (Å²) in [4.78, 5) is 10.2. The van der Waals surface area contributed by atoms with Crippen LogP contribution in [-0.2, 0) is 6.42 Å². The molecular formula is C17H28N4S. The second-order valence-electron chi connectivity index (χ2n) is 5.78. The first-order chi connectivity index (χ1) is 10.7. The van der Waals surface area contributed by atoms with E-state index in [1.165, 1.54) is 35.6 Å². The van der Waals surface area contributed by atoms with E-state index < -0.39 is 0 Å². The normalized spacial score (nSPS) is 15.6. The number of aliphatic imine (C=N–C) groups is 1. The number of nitrogens with one attached hydrogen (secondary N) is 2. The van der Waals surface area contributed by atoms with Gasteiger partial charge in [0.1, 0.15) is 0 Å². The van der Waals surface area contributed by atoms with Gasteiger partial charge in [0.05, 0.1) is 10.7 Å². The molecule has 0 amide bonds. The van der Waals surface area contributed by atoms with E-state index in [0.29, 0.717) is 0 Å². The number of aromatic nitrogens is 1. The van der Waals surface area contributed by atoms with Crippen LogP contribution in [0.2, 0.25) is 0 Å². The van der Waals surface area contributed by atoms with E-state index in [4.69, 9.17) is 0 Å². The maximum atomic E-state index is 4.57. The minimum Gasteiger partial charge on any atom is -0.356 e. The fourth-order valence-electron chi connectivity index (χ4n) is 2.63. The number of rotatable bonds is 6. The third-order valence-corrected chi connectivity index (χ3v) is 5.18. The molecule has 0 bridgehead atoms. The first kappa shape index (κ1) is 17.0. The van der Waals surface area contributed by atoms with Crippen molar-refractivity contribution in [1.82, 2.24) is 15.6 Å². The van der Waals surface area contributed by atoms with Gasteiger partial charge in [0.25, 0.3) is 0 Å². The summed E-state index contributed by atoms with van der Waals surface area (Å²) in [6, 6.07) is 0. The Balaban J connectivity index is 1.65. The summed E-state index contributed by atoms with van der Waals surface area (Å²) in [5, 5.41) is 7.97. The molecule has 1 aliphatic rings. The Morgan fingerprint density at radius 2 is 2.00 bits per heavy atom. The van der Waals surface area contributed by atoms with Crippen molar-refractivity contribution in [3.05, 3.63) is 27.2 Å². The smallest absolute Gasteiger partial charge is 0.191 e. The Labute approximate surface area is 138 Å². The molecular weight excluding hydrogens is 292 g/mol. The second-order valence-corrected chi connectivity index (χ2v) is 7.07. The summed E-state index contributed by atoms with van der Waals surface area (Å²) in [7, 11) is 1.83. The number of hydrogen-bond donors (Lipinski definition) is 2. The second kappa shape index (κ2) is 8.93. The van der Waals surface area contributed by atoms with Gasteiger partial charge in [-0.2, -0.15) is 0 Å². The maximum Gasteiger partial charge on any atom is 0.191 e. The van der Waals surface area contributed by atoms with Crippen LogP contribution in [0.1, 0.15) is 47.7 Å². The van der Waals surface area contributed by atoms with E-state index in [1.54, 1.807) is 16.9 Å². The molecule has 0 atom stereocenters. The van der Waals surface area contributed by atoms with Crippen LogP contribution in [0.25, 0.3) is 0 Å². The van der Waals surface area contributed by atoms with E-state index >= 15 is 0 Å². The molecule has 1 heterocycles. The predicted octanol–water partition coefficient (Wildman–Crippen LogP) is 3.36. The largest absolute Gasteiger partial charge is 0.356 e. The monoisotopic (exact) mass is 320 g/mol. The summed E-state index contributed by atoms with van der Waals surface area (Å²) in [5.41, 5.74) is 2.76. The SMILES string of the molecule is CN=C(NCCC1=CCCCC1)NCCc1nc(C)c(C)s1. The summed E-state index contributed by atoms with van der Waals surface area (Å²) in [6.45, 7) is 6.03. The quantitative estimate of drug-likeness (QED) is 0.480. The number of aryl methyl sites for hydroxylation is 2. The van der Waals surface area contributed by atoms with Crippen LogP contribution < -0.4 is 10.6 Å². The maximum absolute atomic E-state index is 4.57. The summed E-state index contributed by atoms with van der Waals surface area (Å²) >= 11 is 1.79. The van der Waals surface area contributed by atoms with Gasteiger partial charge in [0, 0.05) is 31.4 Å². The lowest BCUT2D eigenvalue weighted by molar-refractivity contribution is 0.665. The fourth-order valence-corrected chi connectivity index (χ4v) is 3.56. The molecule has 0 spiro atoms. The number of hydrogen-bond acceptors (Lipinski definition) is 3. The highest BCUT2D eigenvalue weighted by Gasteiger charge is 2.05. The van der Waals surface area contributed by atoms with Crippen molar-refractivity contribution in [3.8, 4) is 0 Å². The number of thiazole rings is 1. The summed E-state index contributed by atoms with van der Waals surface area (Å²) in [6.07, 6.45) is 9.73. The average molecular weight is 321 g/mol. The molecule has 5 heteroatoms. The van der Waals surface area contributed by atoms with E-state index in [9.17, 15) is 0 Å². The van der Waals surface area contributed by atoms with Crippen LogP contribution in [-0.4, -0.2) is 31.1 Å². The third kappa shape index (κ3) is 5.44. The Hall–Kier alpha value is -1.36. The van der Waals surface area contributed by atoms with Crippen molar-refractivity contribution >= 4 is 17.3 Å². The molecule has 122 valence electrons.